The maximum atomic E-state index is 10.2. The second-order valence-corrected chi connectivity index (χ2v) is 5.33. The molecule has 0 fully saturated rings. The van der Waals surface area contributed by atoms with E-state index in [0.717, 1.165) is 21.8 Å². The van der Waals surface area contributed by atoms with Gasteiger partial charge in [0.05, 0.1) is 19.9 Å². The van der Waals surface area contributed by atoms with Gasteiger partial charge in [0.15, 0.2) is 11.5 Å². The van der Waals surface area contributed by atoms with Gasteiger partial charge < -0.3 is 14.6 Å². The largest absolute Gasteiger partial charge is 0.502 e. The first kappa shape index (κ1) is 14.3. The summed E-state index contributed by atoms with van der Waals surface area (Å²) in [6.07, 6.45) is 3.46. The molecule has 0 saturated heterocycles. The van der Waals surface area contributed by atoms with E-state index in [1.807, 2.05) is 23.6 Å². The molecule has 2 aromatic heterocycles. The minimum Gasteiger partial charge on any atom is -0.502 e. The summed E-state index contributed by atoms with van der Waals surface area (Å²) in [5, 5.41) is 13.0. The van der Waals surface area contributed by atoms with Gasteiger partial charge in [0.25, 0.3) is 0 Å². The fourth-order valence-corrected chi connectivity index (χ4v) is 2.98. The summed E-state index contributed by atoms with van der Waals surface area (Å²) in [6.45, 7) is 0. The predicted molar refractivity (Wildman–Crippen MR) is 85.5 cm³/mol. The molecule has 22 heavy (non-hydrogen) atoms. The normalized spacial score (nSPS) is 10.5. The van der Waals surface area contributed by atoms with Crippen LogP contribution in [0.5, 0.6) is 17.2 Å². The van der Waals surface area contributed by atoms with E-state index < -0.39 is 0 Å². The maximum Gasteiger partial charge on any atom is 0.201 e. The number of benzene rings is 1. The van der Waals surface area contributed by atoms with Crippen molar-refractivity contribution >= 4 is 11.3 Å². The smallest absolute Gasteiger partial charge is 0.201 e. The number of methoxy groups -OCH3 is 2. The molecule has 0 unspecified atom stereocenters. The third-order valence-corrected chi connectivity index (χ3v) is 4.12. The number of thiazole rings is 1. The van der Waals surface area contributed by atoms with Gasteiger partial charge in [0.2, 0.25) is 5.75 Å². The van der Waals surface area contributed by atoms with Crippen LogP contribution in [-0.2, 0) is 0 Å². The zero-order chi connectivity index (χ0) is 15.5. The van der Waals surface area contributed by atoms with Crippen molar-refractivity contribution in [3.8, 4) is 39.1 Å². The van der Waals surface area contributed by atoms with Crippen molar-refractivity contribution in [3.05, 3.63) is 42.0 Å². The third-order valence-electron chi connectivity index (χ3n) is 3.23. The summed E-state index contributed by atoms with van der Waals surface area (Å²) in [6, 6.07) is 7.33. The molecule has 0 spiro atoms. The van der Waals surface area contributed by atoms with Crippen molar-refractivity contribution in [1.82, 2.24) is 9.97 Å². The van der Waals surface area contributed by atoms with Crippen LogP contribution < -0.4 is 9.47 Å². The standard InChI is InChI=1S/C16H14N2O3S/c1-20-13-4-3-11(15(21-2)14(13)19)12-9-22-16(18-12)10-5-7-17-8-6-10/h3-9,19H,1-2H3. The Morgan fingerprint density at radius 2 is 1.82 bits per heavy atom. The molecule has 0 atom stereocenters. The van der Waals surface area contributed by atoms with Crippen LogP contribution in [0, 0.1) is 0 Å². The van der Waals surface area contributed by atoms with E-state index in [9.17, 15) is 5.11 Å². The molecule has 1 N–H and O–H groups in total. The van der Waals surface area contributed by atoms with Crippen LogP contribution >= 0.6 is 11.3 Å². The fourth-order valence-electron chi connectivity index (χ4n) is 2.15. The van der Waals surface area contributed by atoms with Gasteiger partial charge in [-0.2, -0.15) is 0 Å². The van der Waals surface area contributed by atoms with Crippen LogP contribution in [0.2, 0.25) is 0 Å². The summed E-state index contributed by atoms with van der Waals surface area (Å²) in [5.74, 6) is 0.692. The van der Waals surface area contributed by atoms with E-state index in [0.29, 0.717) is 11.5 Å². The van der Waals surface area contributed by atoms with Crippen LogP contribution in [-0.4, -0.2) is 29.3 Å². The van der Waals surface area contributed by atoms with Gasteiger partial charge >= 0.3 is 0 Å². The zero-order valence-corrected chi connectivity index (χ0v) is 12.9. The van der Waals surface area contributed by atoms with Crippen LogP contribution in [0.25, 0.3) is 21.8 Å². The number of phenols is 1. The molecular weight excluding hydrogens is 300 g/mol. The summed E-state index contributed by atoms with van der Waals surface area (Å²) in [4.78, 5) is 8.62. The second kappa shape index (κ2) is 6.03. The van der Waals surface area contributed by atoms with Crippen molar-refractivity contribution in [2.45, 2.75) is 0 Å². The van der Waals surface area contributed by atoms with Crippen molar-refractivity contribution in [1.29, 1.82) is 0 Å². The summed E-state index contributed by atoms with van der Waals surface area (Å²) in [7, 11) is 3.01. The number of ether oxygens (including phenoxy) is 2. The first-order valence-electron chi connectivity index (χ1n) is 6.55. The summed E-state index contributed by atoms with van der Waals surface area (Å²) < 4.78 is 10.4. The van der Waals surface area contributed by atoms with E-state index in [-0.39, 0.29) is 5.75 Å². The topological polar surface area (TPSA) is 64.5 Å². The minimum atomic E-state index is -0.0269. The fraction of sp³-hybridized carbons (Fsp3) is 0.125. The Kier molecular flexibility index (Phi) is 3.93. The monoisotopic (exact) mass is 314 g/mol. The molecule has 112 valence electrons. The van der Waals surface area contributed by atoms with Crippen LogP contribution in [0.3, 0.4) is 0 Å². The lowest BCUT2D eigenvalue weighted by molar-refractivity contribution is 0.341. The maximum absolute atomic E-state index is 10.2. The Balaban J connectivity index is 2.06. The van der Waals surface area contributed by atoms with E-state index >= 15 is 0 Å². The molecule has 2 heterocycles. The van der Waals surface area contributed by atoms with E-state index in [1.165, 1.54) is 25.6 Å². The Hall–Kier alpha value is -2.60. The second-order valence-electron chi connectivity index (χ2n) is 4.47. The van der Waals surface area contributed by atoms with Gasteiger partial charge in [-0.3, -0.25) is 4.98 Å². The van der Waals surface area contributed by atoms with Crippen molar-refractivity contribution in [2.75, 3.05) is 14.2 Å². The van der Waals surface area contributed by atoms with Crippen LogP contribution in [0.4, 0.5) is 0 Å². The lowest BCUT2D eigenvalue weighted by Crippen LogP contribution is -1.92. The van der Waals surface area contributed by atoms with Crippen molar-refractivity contribution in [3.63, 3.8) is 0 Å². The molecule has 3 aromatic rings. The average molecular weight is 314 g/mol. The molecule has 1 aromatic carbocycles. The number of nitrogens with zero attached hydrogens (tertiary/aromatic N) is 2. The molecule has 0 aliphatic heterocycles. The van der Waals surface area contributed by atoms with Gasteiger partial charge in [0, 0.05) is 28.9 Å². The molecule has 0 amide bonds. The van der Waals surface area contributed by atoms with E-state index in [1.54, 1.807) is 18.5 Å². The molecule has 0 bridgehead atoms. The molecular formula is C16H14N2O3S. The number of pyridine rings is 1. The highest BCUT2D eigenvalue weighted by Gasteiger charge is 2.17. The SMILES string of the molecule is COc1ccc(-c2csc(-c3ccncc3)n2)c(OC)c1O. The number of phenolic OH excluding ortho intramolecular Hbond substituents is 1. The summed E-state index contributed by atoms with van der Waals surface area (Å²) >= 11 is 1.53. The van der Waals surface area contributed by atoms with Crippen LogP contribution in [0.1, 0.15) is 0 Å². The molecule has 0 aliphatic rings. The van der Waals surface area contributed by atoms with E-state index in [2.05, 4.69) is 9.97 Å². The lowest BCUT2D eigenvalue weighted by Gasteiger charge is -2.11. The number of hydrogen-bond acceptors (Lipinski definition) is 6. The van der Waals surface area contributed by atoms with Crippen LogP contribution in [0.15, 0.2) is 42.0 Å². The highest BCUT2D eigenvalue weighted by Crippen LogP contribution is 2.44. The quantitative estimate of drug-likeness (QED) is 0.797. The van der Waals surface area contributed by atoms with Gasteiger partial charge in [-0.25, -0.2) is 4.98 Å². The minimum absolute atomic E-state index is 0.0269. The lowest BCUT2D eigenvalue weighted by atomic mass is 10.1. The van der Waals surface area contributed by atoms with E-state index in [4.69, 9.17) is 9.47 Å². The number of rotatable bonds is 4. The Morgan fingerprint density at radius 1 is 1.05 bits per heavy atom. The third kappa shape index (κ3) is 2.48. The number of aromatic nitrogens is 2. The Morgan fingerprint density at radius 3 is 2.50 bits per heavy atom. The Labute approximate surface area is 131 Å². The predicted octanol–water partition coefficient (Wildman–Crippen LogP) is 3.59. The van der Waals surface area contributed by atoms with Gasteiger partial charge in [-0.05, 0) is 24.3 Å². The summed E-state index contributed by atoms with van der Waals surface area (Å²) in [5.41, 5.74) is 2.46. The molecule has 6 heteroatoms. The number of hydrogen-bond donors (Lipinski definition) is 1. The first-order valence-corrected chi connectivity index (χ1v) is 7.42. The molecule has 0 radical (unpaired) electrons. The molecule has 5 nitrogen and oxygen atoms in total. The molecule has 0 aliphatic carbocycles. The van der Waals surface area contributed by atoms with Gasteiger partial charge in [-0.15, -0.1) is 11.3 Å². The first-order chi connectivity index (χ1) is 10.7. The Bertz CT molecular complexity index is 787. The number of aromatic hydroxyl groups is 1. The van der Waals surface area contributed by atoms with Gasteiger partial charge in [0.1, 0.15) is 5.01 Å². The van der Waals surface area contributed by atoms with Crippen molar-refractivity contribution in [2.24, 2.45) is 0 Å². The zero-order valence-electron chi connectivity index (χ0n) is 12.1. The highest BCUT2D eigenvalue weighted by atomic mass is 32.1. The van der Waals surface area contributed by atoms with Crippen molar-refractivity contribution < 1.29 is 14.6 Å². The molecule has 0 saturated carbocycles. The molecule has 3 rings (SSSR count). The average Bonchev–Trinajstić information content (AvgIpc) is 3.05. The highest BCUT2D eigenvalue weighted by molar-refractivity contribution is 7.13. The van der Waals surface area contributed by atoms with Gasteiger partial charge in [-0.1, -0.05) is 0 Å².